The molecule has 0 saturated heterocycles. The Morgan fingerprint density at radius 1 is 1.55 bits per heavy atom. The third kappa shape index (κ3) is 2.21. The molecule has 1 atom stereocenters. The van der Waals surface area contributed by atoms with Crippen molar-refractivity contribution in [2.24, 2.45) is 5.73 Å². The molecule has 0 aromatic heterocycles. The van der Waals surface area contributed by atoms with Crippen LogP contribution in [0.4, 0.5) is 0 Å². The van der Waals surface area contributed by atoms with E-state index in [0.29, 0.717) is 5.88 Å². The average Bonchev–Trinajstić information content (AvgIpc) is 2.05. The number of rotatable bonds is 2. The molecule has 0 aliphatic rings. The van der Waals surface area contributed by atoms with E-state index in [1.807, 2.05) is 31.2 Å². The Bertz CT molecular complexity index is 233. The minimum atomic E-state index is 0.0955. The molecule has 0 fully saturated rings. The van der Waals surface area contributed by atoms with Crippen molar-refractivity contribution < 1.29 is 0 Å². The smallest absolute Gasteiger partial charge is 0.0474 e. The van der Waals surface area contributed by atoms with Gasteiger partial charge < -0.3 is 5.73 Å². The number of hydrogen-bond donors (Lipinski definition) is 1. The van der Waals surface area contributed by atoms with Crippen molar-refractivity contribution in [1.82, 2.24) is 0 Å². The van der Waals surface area contributed by atoms with E-state index in [2.05, 4.69) is 0 Å². The van der Waals surface area contributed by atoms with Crippen LogP contribution in [-0.4, -0.2) is 0 Å². The summed E-state index contributed by atoms with van der Waals surface area (Å²) in [5.74, 6) is 0.556. The first-order valence-corrected chi connectivity index (χ1v) is 4.18. The molecule has 0 bridgehead atoms. The van der Waals surface area contributed by atoms with Crippen LogP contribution in [0.2, 0.25) is 0 Å². The SMILES string of the molecule is CC(N)c1cccc(CCl)c1. The second-order valence-corrected chi connectivity index (χ2v) is 2.93. The predicted octanol–water partition coefficient (Wildman–Crippen LogP) is 2.45. The van der Waals surface area contributed by atoms with E-state index in [9.17, 15) is 0 Å². The molecule has 1 aromatic carbocycles. The van der Waals surface area contributed by atoms with Crippen molar-refractivity contribution in [3.05, 3.63) is 35.4 Å². The average molecular weight is 170 g/mol. The summed E-state index contributed by atoms with van der Waals surface area (Å²) in [5.41, 5.74) is 7.96. The molecule has 2 N–H and O–H groups in total. The van der Waals surface area contributed by atoms with Gasteiger partial charge in [0.1, 0.15) is 0 Å². The van der Waals surface area contributed by atoms with E-state index in [1.165, 1.54) is 0 Å². The van der Waals surface area contributed by atoms with Gasteiger partial charge in [0.25, 0.3) is 0 Å². The monoisotopic (exact) mass is 169 g/mol. The Morgan fingerprint density at radius 2 is 2.27 bits per heavy atom. The molecule has 0 heterocycles. The minimum Gasteiger partial charge on any atom is -0.324 e. The van der Waals surface area contributed by atoms with E-state index >= 15 is 0 Å². The molecule has 0 radical (unpaired) electrons. The lowest BCUT2D eigenvalue weighted by molar-refractivity contribution is 0.816. The van der Waals surface area contributed by atoms with Gasteiger partial charge in [-0.2, -0.15) is 0 Å². The first kappa shape index (κ1) is 8.57. The van der Waals surface area contributed by atoms with Gasteiger partial charge in [0.15, 0.2) is 0 Å². The van der Waals surface area contributed by atoms with Crippen LogP contribution in [0, 0.1) is 0 Å². The van der Waals surface area contributed by atoms with Gasteiger partial charge in [-0.05, 0) is 18.1 Å². The van der Waals surface area contributed by atoms with Gasteiger partial charge in [-0.1, -0.05) is 24.3 Å². The standard InChI is InChI=1S/C9H12ClN/c1-7(11)9-4-2-3-8(5-9)6-10/h2-5,7H,6,11H2,1H3. The van der Waals surface area contributed by atoms with E-state index in [-0.39, 0.29) is 6.04 Å². The van der Waals surface area contributed by atoms with E-state index in [1.54, 1.807) is 0 Å². The summed E-state index contributed by atoms with van der Waals surface area (Å²) in [6, 6.07) is 8.13. The fourth-order valence-electron chi connectivity index (χ4n) is 0.959. The topological polar surface area (TPSA) is 26.0 Å². The number of alkyl halides is 1. The molecule has 1 nitrogen and oxygen atoms in total. The molecule has 0 saturated carbocycles. The zero-order valence-corrected chi connectivity index (χ0v) is 7.31. The van der Waals surface area contributed by atoms with Crippen molar-refractivity contribution in [3.8, 4) is 0 Å². The van der Waals surface area contributed by atoms with Gasteiger partial charge in [0, 0.05) is 11.9 Å². The van der Waals surface area contributed by atoms with Gasteiger partial charge in [-0.3, -0.25) is 0 Å². The molecule has 1 rings (SSSR count). The lowest BCUT2D eigenvalue weighted by Gasteiger charge is -2.05. The number of benzene rings is 1. The molecule has 0 aliphatic heterocycles. The highest BCUT2D eigenvalue weighted by Crippen LogP contribution is 2.12. The van der Waals surface area contributed by atoms with Crippen LogP contribution < -0.4 is 5.73 Å². The van der Waals surface area contributed by atoms with Crippen LogP contribution in [0.3, 0.4) is 0 Å². The Kier molecular flexibility index (Phi) is 2.92. The maximum Gasteiger partial charge on any atom is 0.0474 e. The van der Waals surface area contributed by atoms with Crippen LogP contribution >= 0.6 is 11.6 Å². The maximum atomic E-state index is 5.69. The highest BCUT2D eigenvalue weighted by atomic mass is 35.5. The van der Waals surface area contributed by atoms with Crippen molar-refractivity contribution >= 4 is 11.6 Å². The Balaban J connectivity index is 2.91. The van der Waals surface area contributed by atoms with E-state index in [4.69, 9.17) is 17.3 Å². The van der Waals surface area contributed by atoms with Crippen LogP contribution in [-0.2, 0) is 5.88 Å². The van der Waals surface area contributed by atoms with Crippen molar-refractivity contribution in [1.29, 1.82) is 0 Å². The fourth-order valence-corrected chi connectivity index (χ4v) is 1.13. The van der Waals surface area contributed by atoms with Crippen LogP contribution in [0.5, 0.6) is 0 Å². The molecule has 0 aliphatic carbocycles. The molecule has 11 heavy (non-hydrogen) atoms. The maximum absolute atomic E-state index is 5.69. The summed E-state index contributed by atoms with van der Waals surface area (Å²) in [4.78, 5) is 0. The van der Waals surface area contributed by atoms with Crippen LogP contribution in [0.15, 0.2) is 24.3 Å². The van der Waals surface area contributed by atoms with Gasteiger partial charge in [-0.15, -0.1) is 11.6 Å². The van der Waals surface area contributed by atoms with E-state index < -0.39 is 0 Å². The molecular weight excluding hydrogens is 158 g/mol. The van der Waals surface area contributed by atoms with Crippen molar-refractivity contribution in [3.63, 3.8) is 0 Å². The summed E-state index contributed by atoms with van der Waals surface area (Å²) in [6.45, 7) is 1.97. The third-order valence-corrected chi connectivity index (χ3v) is 1.94. The van der Waals surface area contributed by atoms with Gasteiger partial charge in [0.05, 0.1) is 0 Å². The Morgan fingerprint density at radius 3 is 2.82 bits per heavy atom. The summed E-state index contributed by atoms with van der Waals surface area (Å²) >= 11 is 5.66. The largest absolute Gasteiger partial charge is 0.324 e. The second kappa shape index (κ2) is 3.74. The highest BCUT2D eigenvalue weighted by Gasteiger charge is 1.98. The van der Waals surface area contributed by atoms with Gasteiger partial charge in [-0.25, -0.2) is 0 Å². The Labute approximate surface area is 72.2 Å². The number of halogens is 1. The molecule has 1 aromatic rings. The quantitative estimate of drug-likeness (QED) is 0.677. The summed E-state index contributed by atoms with van der Waals surface area (Å²) in [7, 11) is 0. The minimum absolute atomic E-state index is 0.0955. The Hall–Kier alpha value is -0.530. The van der Waals surface area contributed by atoms with Crippen molar-refractivity contribution in [2.75, 3.05) is 0 Å². The lowest BCUT2D eigenvalue weighted by Crippen LogP contribution is -2.04. The zero-order valence-electron chi connectivity index (χ0n) is 6.55. The highest BCUT2D eigenvalue weighted by molar-refractivity contribution is 6.17. The van der Waals surface area contributed by atoms with Gasteiger partial charge >= 0.3 is 0 Å². The molecule has 0 spiro atoms. The summed E-state index contributed by atoms with van der Waals surface area (Å²) in [5, 5.41) is 0. The second-order valence-electron chi connectivity index (χ2n) is 2.67. The molecule has 60 valence electrons. The zero-order chi connectivity index (χ0) is 8.27. The molecule has 2 heteroatoms. The normalized spacial score (nSPS) is 13.0. The molecule has 0 amide bonds. The third-order valence-electron chi connectivity index (χ3n) is 1.63. The molecular formula is C9H12ClN. The van der Waals surface area contributed by atoms with Crippen molar-refractivity contribution in [2.45, 2.75) is 18.8 Å². The fraction of sp³-hybridized carbons (Fsp3) is 0.333. The predicted molar refractivity (Wildman–Crippen MR) is 48.6 cm³/mol. The first-order chi connectivity index (χ1) is 5.24. The van der Waals surface area contributed by atoms with Crippen LogP contribution in [0.1, 0.15) is 24.1 Å². The van der Waals surface area contributed by atoms with Crippen LogP contribution in [0.25, 0.3) is 0 Å². The summed E-state index contributed by atoms with van der Waals surface area (Å²) < 4.78 is 0. The van der Waals surface area contributed by atoms with Gasteiger partial charge in [0.2, 0.25) is 0 Å². The van der Waals surface area contributed by atoms with E-state index in [0.717, 1.165) is 11.1 Å². The lowest BCUT2D eigenvalue weighted by atomic mass is 10.1. The first-order valence-electron chi connectivity index (χ1n) is 3.64. The number of hydrogen-bond acceptors (Lipinski definition) is 1. The summed E-state index contributed by atoms with van der Waals surface area (Å²) in [6.07, 6.45) is 0. The number of nitrogens with two attached hydrogens (primary N) is 1. The molecule has 1 unspecified atom stereocenters.